The van der Waals surface area contributed by atoms with E-state index in [1.165, 1.54) is 12.3 Å². The van der Waals surface area contributed by atoms with E-state index in [-0.39, 0.29) is 30.6 Å². The summed E-state index contributed by atoms with van der Waals surface area (Å²) < 4.78 is 44.6. The zero-order valence-corrected chi connectivity index (χ0v) is 10.7. The van der Waals surface area contributed by atoms with Crippen LogP contribution in [0.2, 0.25) is 0 Å². The van der Waals surface area contributed by atoms with E-state index in [4.69, 9.17) is 4.74 Å². The Hall–Kier alpha value is -1.18. The van der Waals surface area contributed by atoms with Gasteiger partial charge in [0.25, 0.3) is 0 Å². The van der Waals surface area contributed by atoms with Crippen LogP contribution < -0.4 is 5.32 Å². The van der Waals surface area contributed by atoms with Crippen molar-refractivity contribution < 1.29 is 23.0 Å². The molecular weight excluding hydrogens is 273 g/mol. The summed E-state index contributed by atoms with van der Waals surface area (Å²) >= 11 is 0. The number of pyridine rings is 1. The number of nitrogens with one attached hydrogen (secondary N) is 1. The maximum absolute atomic E-state index is 13.1. The molecule has 0 aromatic carbocycles. The topological polar surface area (TPSA) is 54.4 Å². The monoisotopic (exact) mass is 288 g/mol. The van der Waals surface area contributed by atoms with Gasteiger partial charge in [0.1, 0.15) is 5.60 Å². The molecular formula is C13H15F3N2O2. The molecule has 7 heteroatoms. The van der Waals surface area contributed by atoms with Crippen LogP contribution in [0.1, 0.15) is 24.1 Å². The standard InChI is InChI=1S/C13H15F3N2O2/c14-13(15,16)10-2-1-3-17-11(10)12(19)4-8-6-20-7-9(5-12)18-8/h1-3,8-9,18-19H,4-7H2. The highest BCUT2D eigenvalue weighted by Gasteiger charge is 2.47. The van der Waals surface area contributed by atoms with Crippen molar-refractivity contribution in [1.82, 2.24) is 10.3 Å². The van der Waals surface area contributed by atoms with Crippen LogP contribution >= 0.6 is 0 Å². The minimum atomic E-state index is -4.52. The number of ether oxygens (including phenoxy) is 1. The normalized spacial score (nSPS) is 34.0. The third-order valence-electron chi connectivity index (χ3n) is 3.83. The molecule has 20 heavy (non-hydrogen) atoms. The average molecular weight is 288 g/mol. The maximum atomic E-state index is 13.1. The average Bonchev–Trinajstić information content (AvgIpc) is 2.37. The van der Waals surface area contributed by atoms with Gasteiger partial charge in [-0.3, -0.25) is 4.98 Å². The Morgan fingerprint density at radius 3 is 2.55 bits per heavy atom. The number of alkyl halides is 3. The number of aliphatic hydroxyl groups is 1. The summed E-state index contributed by atoms with van der Waals surface area (Å²) in [5, 5.41) is 14.0. The van der Waals surface area contributed by atoms with E-state index in [2.05, 4.69) is 10.3 Å². The third-order valence-corrected chi connectivity index (χ3v) is 3.83. The summed E-state index contributed by atoms with van der Waals surface area (Å²) in [6, 6.07) is 1.92. The van der Waals surface area contributed by atoms with Crippen LogP contribution in [0.25, 0.3) is 0 Å². The molecule has 0 spiro atoms. The molecule has 1 aromatic rings. The van der Waals surface area contributed by atoms with Crippen molar-refractivity contribution in [1.29, 1.82) is 0 Å². The number of piperidine rings is 1. The van der Waals surface area contributed by atoms with Crippen LogP contribution in [0.3, 0.4) is 0 Å². The summed E-state index contributed by atoms with van der Waals surface area (Å²) in [6.07, 6.45) is -2.89. The lowest BCUT2D eigenvalue weighted by molar-refractivity contribution is -0.144. The highest BCUT2D eigenvalue weighted by molar-refractivity contribution is 5.29. The van der Waals surface area contributed by atoms with Crippen molar-refractivity contribution in [2.24, 2.45) is 0 Å². The van der Waals surface area contributed by atoms with Crippen LogP contribution in [0.4, 0.5) is 13.2 Å². The van der Waals surface area contributed by atoms with Gasteiger partial charge in [-0.25, -0.2) is 0 Å². The Bertz CT molecular complexity index is 495. The Balaban J connectivity index is 2.00. The predicted molar refractivity (Wildman–Crippen MR) is 63.9 cm³/mol. The van der Waals surface area contributed by atoms with Gasteiger partial charge in [-0.1, -0.05) is 0 Å². The first-order valence-electron chi connectivity index (χ1n) is 6.47. The molecule has 4 nitrogen and oxygen atoms in total. The molecule has 0 aliphatic carbocycles. The molecule has 3 heterocycles. The van der Waals surface area contributed by atoms with Gasteiger partial charge in [-0.05, 0) is 25.0 Å². The van der Waals surface area contributed by atoms with Crippen LogP contribution in [0.15, 0.2) is 18.3 Å². The SMILES string of the molecule is OC1(c2ncccc2C(F)(F)F)CC2COCC(C1)N2. The number of hydrogen-bond acceptors (Lipinski definition) is 4. The van der Waals surface area contributed by atoms with E-state index < -0.39 is 17.3 Å². The van der Waals surface area contributed by atoms with E-state index in [0.29, 0.717) is 13.2 Å². The second-order valence-corrected chi connectivity index (χ2v) is 5.44. The van der Waals surface area contributed by atoms with Crippen LogP contribution in [-0.2, 0) is 16.5 Å². The Morgan fingerprint density at radius 2 is 1.95 bits per heavy atom. The van der Waals surface area contributed by atoms with Gasteiger partial charge < -0.3 is 15.2 Å². The molecule has 2 fully saturated rings. The predicted octanol–water partition coefficient (Wildman–Crippen LogP) is 1.44. The van der Waals surface area contributed by atoms with E-state index in [1.54, 1.807) is 0 Å². The molecule has 0 radical (unpaired) electrons. The zero-order valence-electron chi connectivity index (χ0n) is 10.7. The minimum absolute atomic E-state index is 0.143. The van der Waals surface area contributed by atoms with Crippen molar-refractivity contribution >= 4 is 0 Å². The molecule has 3 rings (SSSR count). The number of morpholine rings is 1. The number of halogens is 3. The number of fused-ring (bicyclic) bond motifs is 2. The largest absolute Gasteiger partial charge is 0.418 e. The lowest BCUT2D eigenvalue weighted by Crippen LogP contribution is -2.59. The molecule has 2 bridgehead atoms. The molecule has 0 saturated carbocycles. The van der Waals surface area contributed by atoms with Gasteiger partial charge in [0, 0.05) is 18.3 Å². The van der Waals surface area contributed by atoms with Crippen molar-refractivity contribution in [3.63, 3.8) is 0 Å². The molecule has 1 aromatic heterocycles. The molecule has 2 atom stereocenters. The third kappa shape index (κ3) is 2.41. The van der Waals surface area contributed by atoms with Gasteiger partial charge in [0.2, 0.25) is 0 Å². The lowest BCUT2D eigenvalue weighted by atomic mass is 9.79. The Labute approximate surface area is 114 Å². The van der Waals surface area contributed by atoms with Crippen LogP contribution in [-0.4, -0.2) is 35.4 Å². The summed E-state index contributed by atoms with van der Waals surface area (Å²) in [5.74, 6) is 0. The molecule has 110 valence electrons. The summed E-state index contributed by atoms with van der Waals surface area (Å²) in [7, 11) is 0. The fraction of sp³-hybridized carbons (Fsp3) is 0.615. The first-order valence-corrected chi connectivity index (χ1v) is 6.47. The van der Waals surface area contributed by atoms with Crippen molar-refractivity contribution in [3.8, 4) is 0 Å². The fourth-order valence-corrected chi connectivity index (χ4v) is 3.11. The number of nitrogens with zero attached hydrogens (tertiary/aromatic N) is 1. The number of hydrogen-bond donors (Lipinski definition) is 2. The van der Waals surface area contributed by atoms with E-state index in [9.17, 15) is 18.3 Å². The minimum Gasteiger partial charge on any atom is -0.383 e. The Kier molecular flexibility index (Phi) is 3.23. The first kappa shape index (κ1) is 13.8. The summed E-state index contributed by atoms with van der Waals surface area (Å²) in [4.78, 5) is 3.83. The van der Waals surface area contributed by atoms with Gasteiger partial charge in [0.15, 0.2) is 0 Å². The molecule has 2 aliphatic rings. The molecule has 2 saturated heterocycles. The van der Waals surface area contributed by atoms with Crippen molar-refractivity contribution in [2.75, 3.05) is 13.2 Å². The summed E-state index contributed by atoms with van der Waals surface area (Å²) in [5.41, 5.74) is -2.69. The molecule has 0 amide bonds. The molecule has 2 aliphatic heterocycles. The second-order valence-electron chi connectivity index (χ2n) is 5.44. The van der Waals surface area contributed by atoms with Crippen LogP contribution in [0.5, 0.6) is 0 Å². The smallest absolute Gasteiger partial charge is 0.383 e. The fourth-order valence-electron chi connectivity index (χ4n) is 3.11. The van der Waals surface area contributed by atoms with Gasteiger partial charge in [-0.2, -0.15) is 13.2 Å². The highest BCUT2D eigenvalue weighted by atomic mass is 19.4. The quantitative estimate of drug-likeness (QED) is 0.821. The van der Waals surface area contributed by atoms with Gasteiger partial charge >= 0.3 is 6.18 Å². The molecule has 2 unspecified atom stereocenters. The van der Waals surface area contributed by atoms with Crippen molar-refractivity contribution in [2.45, 2.75) is 36.7 Å². The number of aromatic nitrogens is 1. The number of rotatable bonds is 1. The molecule has 2 N–H and O–H groups in total. The lowest BCUT2D eigenvalue weighted by Gasteiger charge is -2.45. The van der Waals surface area contributed by atoms with E-state index in [0.717, 1.165) is 6.07 Å². The van der Waals surface area contributed by atoms with Crippen LogP contribution in [0, 0.1) is 0 Å². The first-order chi connectivity index (χ1) is 9.38. The highest BCUT2D eigenvalue weighted by Crippen LogP contribution is 2.41. The van der Waals surface area contributed by atoms with E-state index in [1.807, 2.05) is 0 Å². The maximum Gasteiger partial charge on any atom is 0.418 e. The summed E-state index contributed by atoms with van der Waals surface area (Å²) in [6.45, 7) is 0.792. The van der Waals surface area contributed by atoms with Gasteiger partial charge in [0.05, 0.1) is 24.5 Å². The second kappa shape index (κ2) is 4.68. The Morgan fingerprint density at radius 1 is 1.30 bits per heavy atom. The zero-order chi connectivity index (χ0) is 14.4. The van der Waals surface area contributed by atoms with E-state index >= 15 is 0 Å². The van der Waals surface area contributed by atoms with Gasteiger partial charge in [-0.15, -0.1) is 0 Å². The van der Waals surface area contributed by atoms with Crippen molar-refractivity contribution in [3.05, 3.63) is 29.6 Å².